The Bertz CT molecular complexity index is 553. The van der Waals surface area contributed by atoms with Crippen LogP contribution in [-0.4, -0.2) is 15.8 Å². The molecule has 0 spiro atoms. The molecule has 2 aromatic rings. The zero-order chi connectivity index (χ0) is 13.0. The predicted molar refractivity (Wildman–Crippen MR) is 67.5 cm³/mol. The van der Waals surface area contributed by atoms with Crippen LogP contribution in [0.4, 0.5) is 0 Å². The van der Waals surface area contributed by atoms with Crippen LogP contribution in [-0.2, 0) is 6.61 Å². The van der Waals surface area contributed by atoms with Crippen LogP contribution in [0.25, 0.3) is 0 Å². The van der Waals surface area contributed by atoms with Crippen molar-refractivity contribution in [2.45, 2.75) is 20.5 Å². The lowest BCUT2D eigenvalue weighted by Gasteiger charge is -2.09. The summed E-state index contributed by atoms with van der Waals surface area (Å²) >= 11 is 0. The maximum atomic E-state index is 11.5. The fraction of sp³-hybridized carbons (Fsp3) is 0.214. The summed E-state index contributed by atoms with van der Waals surface area (Å²) in [6.07, 6.45) is 3.32. The average Bonchev–Trinajstić information content (AvgIpc) is 2.38. The van der Waals surface area contributed by atoms with Crippen molar-refractivity contribution in [1.82, 2.24) is 9.97 Å². The van der Waals surface area contributed by atoms with Gasteiger partial charge in [-0.1, -0.05) is 11.6 Å². The Morgan fingerprint density at radius 2 is 2.00 bits per heavy atom. The van der Waals surface area contributed by atoms with E-state index in [2.05, 4.69) is 9.97 Å². The number of carbonyl (C=O) groups is 1. The van der Waals surface area contributed by atoms with E-state index in [1.54, 1.807) is 24.5 Å². The number of ether oxygens (including phenoxy) is 1. The van der Waals surface area contributed by atoms with Gasteiger partial charge in [0.15, 0.2) is 11.6 Å². The van der Waals surface area contributed by atoms with Crippen molar-refractivity contribution in [3.8, 4) is 5.75 Å². The highest BCUT2D eigenvalue weighted by atomic mass is 16.5. The van der Waals surface area contributed by atoms with Gasteiger partial charge in [0.25, 0.3) is 0 Å². The number of rotatable bonds is 4. The summed E-state index contributed by atoms with van der Waals surface area (Å²) in [6.45, 7) is 3.72. The minimum atomic E-state index is -0.0114. The number of hydrogen-bond acceptors (Lipinski definition) is 4. The van der Waals surface area contributed by atoms with Crippen molar-refractivity contribution in [3.63, 3.8) is 0 Å². The molecule has 0 fully saturated rings. The monoisotopic (exact) mass is 242 g/mol. The van der Waals surface area contributed by atoms with Gasteiger partial charge >= 0.3 is 0 Å². The molecule has 2 rings (SSSR count). The van der Waals surface area contributed by atoms with Gasteiger partial charge in [0, 0.05) is 12.4 Å². The van der Waals surface area contributed by atoms with Crippen molar-refractivity contribution in [3.05, 3.63) is 53.6 Å². The molecule has 1 heterocycles. The molecular formula is C14H14N2O2. The number of Topliss-reactive ketones (excluding diaryl/α,β-unsaturated/α-hetero) is 1. The van der Waals surface area contributed by atoms with Crippen LogP contribution in [0.5, 0.6) is 5.75 Å². The summed E-state index contributed by atoms with van der Waals surface area (Å²) in [4.78, 5) is 19.6. The molecule has 92 valence electrons. The minimum Gasteiger partial charge on any atom is -0.485 e. The molecule has 4 nitrogen and oxygen atoms in total. The van der Waals surface area contributed by atoms with E-state index in [0.717, 1.165) is 5.56 Å². The Hall–Kier alpha value is -2.23. The number of carbonyl (C=O) groups excluding carboxylic acids is 1. The molecular weight excluding hydrogens is 228 g/mol. The van der Waals surface area contributed by atoms with Crippen LogP contribution >= 0.6 is 0 Å². The van der Waals surface area contributed by atoms with E-state index in [9.17, 15) is 4.79 Å². The molecule has 0 aliphatic heterocycles. The van der Waals surface area contributed by atoms with Crippen LogP contribution in [0.15, 0.2) is 36.7 Å². The number of aromatic nitrogens is 2. The van der Waals surface area contributed by atoms with Crippen molar-refractivity contribution < 1.29 is 9.53 Å². The van der Waals surface area contributed by atoms with E-state index in [1.165, 1.54) is 6.92 Å². The Balaban J connectivity index is 2.17. The standard InChI is InChI=1S/C14H14N2O2/c1-10-4-5-13(12(8-10)11(2)17)18-9-14-15-6-3-7-16-14/h3-8H,9H2,1-2H3. The number of benzene rings is 1. The predicted octanol–water partition coefficient (Wildman–Crippen LogP) is 2.57. The molecule has 0 N–H and O–H groups in total. The lowest BCUT2D eigenvalue weighted by atomic mass is 10.1. The lowest BCUT2D eigenvalue weighted by Crippen LogP contribution is -2.04. The second-order valence-electron chi connectivity index (χ2n) is 4.01. The summed E-state index contributed by atoms with van der Waals surface area (Å²) in [7, 11) is 0. The van der Waals surface area contributed by atoms with Gasteiger partial charge in [-0.25, -0.2) is 9.97 Å². The second kappa shape index (κ2) is 5.40. The van der Waals surface area contributed by atoms with Crippen molar-refractivity contribution >= 4 is 5.78 Å². The summed E-state index contributed by atoms with van der Waals surface area (Å²) in [5.74, 6) is 1.15. The fourth-order valence-electron chi connectivity index (χ4n) is 1.59. The first-order valence-corrected chi connectivity index (χ1v) is 5.67. The summed E-state index contributed by atoms with van der Waals surface area (Å²) in [5, 5.41) is 0. The Morgan fingerprint density at radius 1 is 1.28 bits per heavy atom. The van der Waals surface area contributed by atoms with Gasteiger partial charge in [-0.05, 0) is 32.0 Å². The third kappa shape index (κ3) is 2.91. The van der Waals surface area contributed by atoms with Crippen LogP contribution in [0.3, 0.4) is 0 Å². The Labute approximate surface area is 106 Å². The minimum absolute atomic E-state index is 0.0114. The molecule has 0 radical (unpaired) electrons. The fourth-order valence-corrected chi connectivity index (χ4v) is 1.59. The third-order valence-electron chi connectivity index (χ3n) is 2.49. The van der Waals surface area contributed by atoms with Gasteiger partial charge in [-0.15, -0.1) is 0 Å². The quantitative estimate of drug-likeness (QED) is 0.773. The molecule has 0 aliphatic rings. The van der Waals surface area contributed by atoms with Crippen molar-refractivity contribution in [1.29, 1.82) is 0 Å². The molecule has 0 saturated carbocycles. The second-order valence-corrected chi connectivity index (χ2v) is 4.01. The molecule has 0 unspecified atom stereocenters. The molecule has 1 aromatic heterocycles. The largest absolute Gasteiger partial charge is 0.485 e. The molecule has 18 heavy (non-hydrogen) atoms. The molecule has 0 amide bonds. The topological polar surface area (TPSA) is 52.1 Å². The SMILES string of the molecule is CC(=O)c1cc(C)ccc1OCc1ncccn1. The molecule has 0 saturated heterocycles. The smallest absolute Gasteiger partial charge is 0.166 e. The Morgan fingerprint density at radius 3 is 2.67 bits per heavy atom. The number of ketones is 1. The lowest BCUT2D eigenvalue weighted by molar-refractivity contribution is 0.101. The van der Waals surface area contributed by atoms with Gasteiger partial charge < -0.3 is 4.74 Å². The van der Waals surface area contributed by atoms with Crippen LogP contribution in [0, 0.1) is 6.92 Å². The average molecular weight is 242 g/mol. The van der Waals surface area contributed by atoms with E-state index < -0.39 is 0 Å². The maximum absolute atomic E-state index is 11.5. The highest BCUT2D eigenvalue weighted by molar-refractivity contribution is 5.97. The van der Waals surface area contributed by atoms with Crippen molar-refractivity contribution in [2.75, 3.05) is 0 Å². The molecule has 0 atom stereocenters. The number of hydrogen-bond donors (Lipinski definition) is 0. The molecule has 0 aliphatic carbocycles. The maximum Gasteiger partial charge on any atom is 0.166 e. The van der Waals surface area contributed by atoms with E-state index in [-0.39, 0.29) is 12.4 Å². The zero-order valence-corrected chi connectivity index (χ0v) is 10.4. The first-order valence-electron chi connectivity index (χ1n) is 5.67. The third-order valence-corrected chi connectivity index (χ3v) is 2.49. The van der Waals surface area contributed by atoms with Gasteiger partial charge in [0.05, 0.1) is 5.56 Å². The zero-order valence-electron chi connectivity index (χ0n) is 10.4. The van der Waals surface area contributed by atoms with E-state index in [4.69, 9.17) is 4.74 Å². The summed E-state index contributed by atoms with van der Waals surface area (Å²) in [5.41, 5.74) is 1.62. The van der Waals surface area contributed by atoms with Gasteiger partial charge in [-0.3, -0.25) is 4.79 Å². The van der Waals surface area contributed by atoms with Crippen LogP contribution < -0.4 is 4.74 Å². The first kappa shape index (κ1) is 12.2. The highest BCUT2D eigenvalue weighted by Crippen LogP contribution is 2.21. The molecule has 1 aromatic carbocycles. The van der Waals surface area contributed by atoms with Crippen LogP contribution in [0.2, 0.25) is 0 Å². The van der Waals surface area contributed by atoms with E-state index in [0.29, 0.717) is 17.1 Å². The van der Waals surface area contributed by atoms with Crippen LogP contribution in [0.1, 0.15) is 28.7 Å². The van der Waals surface area contributed by atoms with Gasteiger partial charge in [0.2, 0.25) is 0 Å². The number of aryl methyl sites for hydroxylation is 1. The Kier molecular flexibility index (Phi) is 3.67. The summed E-state index contributed by atoms with van der Waals surface area (Å²) < 4.78 is 5.59. The van der Waals surface area contributed by atoms with Crippen molar-refractivity contribution in [2.24, 2.45) is 0 Å². The molecule has 4 heteroatoms. The summed E-state index contributed by atoms with van der Waals surface area (Å²) in [6, 6.07) is 7.28. The van der Waals surface area contributed by atoms with Gasteiger partial charge in [-0.2, -0.15) is 0 Å². The first-order chi connectivity index (χ1) is 8.66. The normalized spacial score (nSPS) is 10.1. The van der Waals surface area contributed by atoms with Gasteiger partial charge in [0.1, 0.15) is 12.4 Å². The number of nitrogens with zero attached hydrogens (tertiary/aromatic N) is 2. The van der Waals surface area contributed by atoms with E-state index >= 15 is 0 Å². The van der Waals surface area contributed by atoms with E-state index in [1.807, 2.05) is 19.1 Å². The highest BCUT2D eigenvalue weighted by Gasteiger charge is 2.09. The molecule has 0 bridgehead atoms.